The predicted molar refractivity (Wildman–Crippen MR) is 83.1 cm³/mol. The standard InChI is InChI=1S/C16H16Cl2FN/c1-3-20-16(11-6-10(2)7-13(18)8-11)14-5-4-12(17)9-15(14)19/h4-9,16,20H,3H2,1-2H3. The summed E-state index contributed by atoms with van der Waals surface area (Å²) in [5.41, 5.74) is 2.56. The molecule has 0 bridgehead atoms. The van der Waals surface area contributed by atoms with Gasteiger partial charge in [0, 0.05) is 15.6 Å². The average Bonchev–Trinajstić information content (AvgIpc) is 2.35. The molecule has 0 fully saturated rings. The van der Waals surface area contributed by atoms with Gasteiger partial charge in [0.05, 0.1) is 6.04 Å². The molecule has 0 saturated carbocycles. The predicted octanol–water partition coefficient (Wildman–Crippen LogP) is 5.14. The molecule has 2 aromatic carbocycles. The third-order valence-corrected chi connectivity index (χ3v) is 3.53. The van der Waals surface area contributed by atoms with E-state index in [-0.39, 0.29) is 11.9 Å². The van der Waals surface area contributed by atoms with E-state index in [4.69, 9.17) is 23.2 Å². The molecule has 1 N–H and O–H groups in total. The van der Waals surface area contributed by atoms with Gasteiger partial charge in [0.2, 0.25) is 0 Å². The Morgan fingerprint density at radius 1 is 1.10 bits per heavy atom. The number of aryl methyl sites for hydroxylation is 1. The van der Waals surface area contributed by atoms with Crippen molar-refractivity contribution in [3.8, 4) is 0 Å². The van der Waals surface area contributed by atoms with Crippen LogP contribution in [0.5, 0.6) is 0 Å². The number of hydrogen-bond acceptors (Lipinski definition) is 1. The van der Waals surface area contributed by atoms with Crippen molar-refractivity contribution in [1.29, 1.82) is 0 Å². The van der Waals surface area contributed by atoms with E-state index in [1.165, 1.54) is 6.07 Å². The zero-order chi connectivity index (χ0) is 14.7. The van der Waals surface area contributed by atoms with Crippen LogP contribution in [0.1, 0.15) is 29.7 Å². The Bertz CT molecular complexity index is 593. The highest BCUT2D eigenvalue weighted by molar-refractivity contribution is 6.31. The monoisotopic (exact) mass is 311 g/mol. The number of benzene rings is 2. The number of rotatable bonds is 4. The van der Waals surface area contributed by atoms with Crippen molar-refractivity contribution in [2.45, 2.75) is 19.9 Å². The minimum Gasteiger partial charge on any atom is -0.306 e. The summed E-state index contributed by atoms with van der Waals surface area (Å²) in [6.07, 6.45) is 0. The van der Waals surface area contributed by atoms with Crippen LogP contribution in [0.3, 0.4) is 0 Å². The van der Waals surface area contributed by atoms with Gasteiger partial charge < -0.3 is 5.32 Å². The largest absolute Gasteiger partial charge is 0.306 e. The van der Waals surface area contributed by atoms with Crippen molar-refractivity contribution in [2.24, 2.45) is 0 Å². The molecule has 0 aliphatic heterocycles. The summed E-state index contributed by atoms with van der Waals surface area (Å²) in [5, 5.41) is 4.33. The molecular weight excluding hydrogens is 296 g/mol. The van der Waals surface area contributed by atoms with E-state index in [0.29, 0.717) is 15.6 Å². The van der Waals surface area contributed by atoms with Crippen LogP contribution < -0.4 is 5.32 Å². The molecule has 0 saturated heterocycles. The van der Waals surface area contributed by atoms with Gasteiger partial charge in [-0.25, -0.2) is 4.39 Å². The van der Waals surface area contributed by atoms with Crippen LogP contribution in [0.25, 0.3) is 0 Å². The Morgan fingerprint density at radius 3 is 2.45 bits per heavy atom. The smallest absolute Gasteiger partial charge is 0.129 e. The van der Waals surface area contributed by atoms with Crippen molar-refractivity contribution < 1.29 is 4.39 Å². The molecule has 2 aromatic rings. The Hall–Kier alpha value is -1.09. The van der Waals surface area contributed by atoms with Gasteiger partial charge in [-0.05, 0) is 48.9 Å². The zero-order valence-corrected chi connectivity index (χ0v) is 12.9. The first-order chi connectivity index (χ1) is 9.51. The van der Waals surface area contributed by atoms with Crippen LogP contribution in [-0.2, 0) is 0 Å². The van der Waals surface area contributed by atoms with E-state index >= 15 is 0 Å². The molecule has 0 aliphatic rings. The van der Waals surface area contributed by atoms with Crippen LogP contribution in [-0.4, -0.2) is 6.54 Å². The molecular formula is C16H16Cl2FN. The fourth-order valence-electron chi connectivity index (χ4n) is 2.28. The van der Waals surface area contributed by atoms with E-state index in [1.54, 1.807) is 12.1 Å². The Labute approximate surface area is 128 Å². The minimum absolute atomic E-state index is 0.241. The molecule has 1 atom stereocenters. The Kier molecular flexibility index (Phi) is 5.03. The number of hydrogen-bond donors (Lipinski definition) is 1. The fourth-order valence-corrected chi connectivity index (χ4v) is 2.74. The summed E-state index contributed by atoms with van der Waals surface area (Å²) in [6, 6.07) is 10.2. The molecule has 0 aromatic heterocycles. The van der Waals surface area contributed by atoms with Crippen LogP contribution in [0.4, 0.5) is 4.39 Å². The maximum Gasteiger partial charge on any atom is 0.129 e. The average molecular weight is 312 g/mol. The number of nitrogens with one attached hydrogen (secondary N) is 1. The minimum atomic E-state index is -0.318. The highest BCUT2D eigenvalue weighted by atomic mass is 35.5. The van der Waals surface area contributed by atoms with Gasteiger partial charge in [-0.2, -0.15) is 0 Å². The van der Waals surface area contributed by atoms with Gasteiger partial charge in [0.1, 0.15) is 5.82 Å². The van der Waals surface area contributed by atoms with E-state index in [2.05, 4.69) is 5.32 Å². The summed E-state index contributed by atoms with van der Waals surface area (Å²) in [6.45, 7) is 4.67. The third kappa shape index (κ3) is 3.51. The first-order valence-corrected chi connectivity index (χ1v) is 7.22. The van der Waals surface area contributed by atoms with Crippen LogP contribution >= 0.6 is 23.2 Å². The van der Waals surface area contributed by atoms with Crippen molar-refractivity contribution >= 4 is 23.2 Å². The molecule has 0 spiro atoms. The van der Waals surface area contributed by atoms with Crippen LogP contribution in [0, 0.1) is 12.7 Å². The van der Waals surface area contributed by atoms with Crippen molar-refractivity contribution in [3.05, 3.63) is 69.0 Å². The first-order valence-electron chi connectivity index (χ1n) is 6.46. The molecule has 0 radical (unpaired) electrons. The molecule has 20 heavy (non-hydrogen) atoms. The summed E-state index contributed by atoms with van der Waals surface area (Å²) in [5.74, 6) is -0.318. The maximum absolute atomic E-state index is 14.2. The summed E-state index contributed by atoms with van der Waals surface area (Å²) in [7, 11) is 0. The second-order valence-electron chi connectivity index (χ2n) is 4.72. The van der Waals surface area contributed by atoms with Crippen LogP contribution in [0.15, 0.2) is 36.4 Å². The van der Waals surface area contributed by atoms with Gasteiger partial charge in [0.15, 0.2) is 0 Å². The van der Waals surface area contributed by atoms with Crippen molar-refractivity contribution in [1.82, 2.24) is 5.32 Å². The van der Waals surface area contributed by atoms with Gasteiger partial charge in [0.25, 0.3) is 0 Å². The Balaban J connectivity index is 2.49. The van der Waals surface area contributed by atoms with Gasteiger partial charge >= 0.3 is 0 Å². The van der Waals surface area contributed by atoms with Gasteiger partial charge in [-0.15, -0.1) is 0 Å². The quantitative estimate of drug-likeness (QED) is 0.824. The lowest BCUT2D eigenvalue weighted by molar-refractivity contribution is 0.559. The van der Waals surface area contributed by atoms with Crippen molar-refractivity contribution in [2.75, 3.05) is 6.54 Å². The summed E-state index contributed by atoms with van der Waals surface area (Å²) in [4.78, 5) is 0. The molecule has 0 aliphatic carbocycles. The zero-order valence-electron chi connectivity index (χ0n) is 11.4. The molecule has 1 unspecified atom stereocenters. The topological polar surface area (TPSA) is 12.0 Å². The van der Waals surface area contributed by atoms with E-state index in [9.17, 15) is 4.39 Å². The molecule has 0 amide bonds. The van der Waals surface area contributed by atoms with E-state index < -0.39 is 0 Å². The second kappa shape index (κ2) is 6.57. The van der Waals surface area contributed by atoms with Gasteiger partial charge in [-0.1, -0.05) is 42.3 Å². The van der Waals surface area contributed by atoms with E-state index in [0.717, 1.165) is 17.7 Å². The van der Waals surface area contributed by atoms with E-state index in [1.807, 2.05) is 32.0 Å². The van der Waals surface area contributed by atoms with Crippen LogP contribution in [0.2, 0.25) is 10.0 Å². The molecule has 2 rings (SSSR count). The highest BCUT2D eigenvalue weighted by Crippen LogP contribution is 2.28. The Morgan fingerprint density at radius 2 is 1.85 bits per heavy atom. The number of halogens is 3. The van der Waals surface area contributed by atoms with Crippen molar-refractivity contribution in [3.63, 3.8) is 0 Å². The first kappa shape index (κ1) is 15.3. The SMILES string of the molecule is CCNC(c1cc(C)cc(Cl)c1)c1ccc(Cl)cc1F. The lowest BCUT2D eigenvalue weighted by Gasteiger charge is -2.20. The lowest BCUT2D eigenvalue weighted by atomic mass is 9.97. The fraction of sp³-hybridized carbons (Fsp3) is 0.250. The lowest BCUT2D eigenvalue weighted by Crippen LogP contribution is -2.23. The molecule has 0 heterocycles. The summed E-state index contributed by atoms with van der Waals surface area (Å²) >= 11 is 11.9. The molecule has 106 valence electrons. The maximum atomic E-state index is 14.2. The highest BCUT2D eigenvalue weighted by Gasteiger charge is 2.18. The van der Waals surface area contributed by atoms with Gasteiger partial charge in [-0.3, -0.25) is 0 Å². The summed E-state index contributed by atoms with van der Waals surface area (Å²) < 4.78 is 14.2. The second-order valence-corrected chi connectivity index (χ2v) is 5.59. The molecule has 4 heteroatoms. The normalized spacial score (nSPS) is 12.4. The molecule has 1 nitrogen and oxygen atoms in total. The third-order valence-electron chi connectivity index (χ3n) is 3.08.